The molecule has 1 N–H and O–H groups in total. The highest BCUT2D eigenvalue weighted by molar-refractivity contribution is 5.97. The van der Waals surface area contributed by atoms with Crippen LogP contribution in [0.5, 0.6) is 0 Å². The molecular weight excluding hydrogens is 304 g/mol. The summed E-state index contributed by atoms with van der Waals surface area (Å²) in [5.41, 5.74) is 1.23. The molecule has 1 atom stereocenters. The Hall–Kier alpha value is -2.76. The summed E-state index contributed by atoms with van der Waals surface area (Å²) >= 11 is 0. The van der Waals surface area contributed by atoms with Crippen LogP contribution in [0.3, 0.4) is 0 Å². The maximum absolute atomic E-state index is 13.1. The van der Waals surface area contributed by atoms with Gasteiger partial charge in [-0.05, 0) is 43.7 Å². The lowest BCUT2D eigenvalue weighted by molar-refractivity contribution is -0.123. The van der Waals surface area contributed by atoms with Gasteiger partial charge in [0.25, 0.3) is 5.91 Å². The summed E-state index contributed by atoms with van der Waals surface area (Å²) in [5.74, 6) is -3.31. The van der Waals surface area contributed by atoms with Crippen LogP contribution in [-0.2, 0) is 9.53 Å². The van der Waals surface area contributed by atoms with Crippen molar-refractivity contribution >= 4 is 17.6 Å². The van der Waals surface area contributed by atoms with Crippen LogP contribution >= 0.6 is 0 Å². The average molecular weight is 319 g/mol. The molecule has 0 aliphatic carbocycles. The Balaban J connectivity index is 2.01. The van der Waals surface area contributed by atoms with Gasteiger partial charge in [0.15, 0.2) is 6.10 Å². The Kier molecular flexibility index (Phi) is 5.05. The second-order valence-corrected chi connectivity index (χ2v) is 5.06. The van der Waals surface area contributed by atoms with Gasteiger partial charge in [-0.3, -0.25) is 4.79 Å². The van der Waals surface area contributed by atoms with Gasteiger partial charge in [-0.2, -0.15) is 0 Å². The molecule has 0 radical (unpaired) electrons. The van der Waals surface area contributed by atoms with Crippen LogP contribution in [0.1, 0.15) is 22.8 Å². The number of hydrogen-bond donors (Lipinski definition) is 1. The first-order valence-electron chi connectivity index (χ1n) is 6.90. The van der Waals surface area contributed by atoms with E-state index in [1.165, 1.54) is 6.92 Å². The molecule has 1 amide bonds. The summed E-state index contributed by atoms with van der Waals surface area (Å²) in [5, 5.41) is 2.60. The lowest BCUT2D eigenvalue weighted by Gasteiger charge is -2.14. The molecule has 0 aliphatic rings. The van der Waals surface area contributed by atoms with E-state index in [2.05, 4.69) is 5.32 Å². The molecule has 0 saturated heterocycles. The highest BCUT2D eigenvalue weighted by atomic mass is 19.1. The van der Waals surface area contributed by atoms with E-state index in [1.54, 1.807) is 18.2 Å². The smallest absolute Gasteiger partial charge is 0.339 e. The number of carbonyl (C=O) groups excluding carboxylic acids is 2. The maximum Gasteiger partial charge on any atom is 0.339 e. The fourth-order valence-electron chi connectivity index (χ4n) is 1.92. The van der Waals surface area contributed by atoms with Crippen molar-refractivity contribution in [1.29, 1.82) is 0 Å². The van der Waals surface area contributed by atoms with Crippen molar-refractivity contribution in [2.45, 2.75) is 20.0 Å². The van der Waals surface area contributed by atoms with Gasteiger partial charge < -0.3 is 10.1 Å². The number of anilines is 1. The lowest BCUT2D eigenvalue weighted by atomic mass is 10.2. The normalized spacial score (nSPS) is 11.7. The maximum atomic E-state index is 13.1. The molecule has 0 aliphatic heterocycles. The largest absolute Gasteiger partial charge is 0.449 e. The summed E-state index contributed by atoms with van der Waals surface area (Å²) in [6.45, 7) is 3.25. The molecule has 0 unspecified atom stereocenters. The van der Waals surface area contributed by atoms with Gasteiger partial charge in [-0.1, -0.05) is 12.1 Å². The number of ether oxygens (including phenoxy) is 1. The quantitative estimate of drug-likeness (QED) is 0.878. The molecule has 2 rings (SSSR count). The van der Waals surface area contributed by atoms with Crippen molar-refractivity contribution in [2.24, 2.45) is 0 Å². The first-order chi connectivity index (χ1) is 10.8. The Morgan fingerprint density at radius 1 is 1.09 bits per heavy atom. The monoisotopic (exact) mass is 319 g/mol. The average Bonchev–Trinajstić information content (AvgIpc) is 2.46. The first kappa shape index (κ1) is 16.6. The molecule has 120 valence electrons. The van der Waals surface area contributed by atoms with Crippen molar-refractivity contribution in [1.82, 2.24) is 0 Å². The number of rotatable bonds is 4. The number of halogens is 2. The summed E-state index contributed by atoms with van der Waals surface area (Å²) in [6.07, 6.45) is -1.12. The number of benzene rings is 2. The van der Waals surface area contributed by atoms with E-state index in [0.29, 0.717) is 11.8 Å². The lowest BCUT2D eigenvalue weighted by Crippen LogP contribution is -2.30. The second kappa shape index (κ2) is 7.00. The van der Waals surface area contributed by atoms with Crippen LogP contribution in [-0.4, -0.2) is 18.0 Å². The van der Waals surface area contributed by atoms with Gasteiger partial charge in [0, 0.05) is 11.8 Å². The van der Waals surface area contributed by atoms with Crippen molar-refractivity contribution in [3.63, 3.8) is 0 Å². The van der Waals surface area contributed by atoms with Crippen LogP contribution < -0.4 is 5.32 Å². The Labute approximate surface area is 132 Å². The molecule has 0 spiro atoms. The van der Waals surface area contributed by atoms with Crippen molar-refractivity contribution in [2.75, 3.05) is 5.32 Å². The highest BCUT2D eigenvalue weighted by Gasteiger charge is 2.20. The number of esters is 1. The second-order valence-electron chi connectivity index (χ2n) is 5.06. The van der Waals surface area contributed by atoms with Crippen LogP contribution in [0.4, 0.5) is 14.5 Å². The van der Waals surface area contributed by atoms with Gasteiger partial charge >= 0.3 is 5.97 Å². The third kappa shape index (κ3) is 4.60. The van der Waals surface area contributed by atoms with Crippen LogP contribution in [0.2, 0.25) is 0 Å². The van der Waals surface area contributed by atoms with E-state index in [9.17, 15) is 18.4 Å². The SMILES string of the molecule is Cc1cccc(NC(=O)[C@@H](C)OC(=O)c2cc(F)cc(F)c2)c1. The Bertz CT molecular complexity index is 726. The van der Waals surface area contributed by atoms with E-state index in [1.807, 2.05) is 13.0 Å². The third-order valence-corrected chi connectivity index (χ3v) is 3.04. The number of amides is 1. The van der Waals surface area contributed by atoms with Crippen molar-refractivity contribution < 1.29 is 23.1 Å². The van der Waals surface area contributed by atoms with Gasteiger partial charge in [0.05, 0.1) is 5.56 Å². The van der Waals surface area contributed by atoms with Gasteiger partial charge in [0.2, 0.25) is 0 Å². The number of carbonyl (C=O) groups is 2. The predicted molar refractivity (Wildman–Crippen MR) is 81.0 cm³/mol. The van der Waals surface area contributed by atoms with Gasteiger partial charge in [-0.25, -0.2) is 13.6 Å². The van der Waals surface area contributed by atoms with Crippen LogP contribution in [0.25, 0.3) is 0 Å². The van der Waals surface area contributed by atoms with Crippen LogP contribution in [0, 0.1) is 18.6 Å². The van der Waals surface area contributed by atoms with Gasteiger partial charge in [0.1, 0.15) is 11.6 Å². The minimum atomic E-state index is -1.12. The van der Waals surface area contributed by atoms with E-state index in [4.69, 9.17) is 4.74 Å². The molecule has 0 aromatic heterocycles. The Morgan fingerprint density at radius 3 is 2.35 bits per heavy atom. The topological polar surface area (TPSA) is 55.4 Å². The number of aryl methyl sites for hydroxylation is 1. The molecule has 2 aromatic carbocycles. The zero-order valence-electron chi connectivity index (χ0n) is 12.6. The van der Waals surface area contributed by atoms with E-state index < -0.39 is 29.6 Å². The standard InChI is InChI=1S/C17H15F2NO3/c1-10-4-3-5-15(6-10)20-16(21)11(2)23-17(22)12-7-13(18)9-14(19)8-12/h3-9,11H,1-2H3,(H,20,21)/t11-/m1/s1. The highest BCUT2D eigenvalue weighted by Crippen LogP contribution is 2.13. The number of nitrogens with one attached hydrogen (secondary N) is 1. The summed E-state index contributed by atoms with van der Waals surface area (Å²) in [6, 6.07) is 9.43. The summed E-state index contributed by atoms with van der Waals surface area (Å²) in [4.78, 5) is 23.8. The number of hydrogen-bond acceptors (Lipinski definition) is 3. The zero-order valence-corrected chi connectivity index (χ0v) is 12.6. The predicted octanol–water partition coefficient (Wildman–Crippen LogP) is 3.46. The minimum Gasteiger partial charge on any atom is -0.449 e. The van der Waals surface area contributed by atoms with Crippen LogP contribution in [0.15, 0.2) is 42.5 Å². The molecule has 0 heterocycles. The minimum absolute atomic E-state index is 0.294. The van der Waals surface area contributed by atoms with E-state index in [0.717, 1.165) is 17.7 Å². The molecule has 0 bridgehead atoms. The molecule has 23 heavy (non-hydrogen) atoms. The zero-order chi connectivity index (χ0) is 17.0. The third-order valence-electron chi connectivity index (χ3n) is 3.04. The molecule has 2 aromatic rings. The molecule has 0 saturated carbocycles. The Morgan fingerprint density at radius 2 is 1.74 bits per heavy atom. The summed E-state index contributed by atoms with van der Waals surface area (Å²) in [7, 11) is 0. The molecular formula is C17H15F2NO3. The fraction of sp³-hybridized carbons (Fsp3) is 0.176. The van der Waals surface area contributed by atoms with E-state index >= 15 is 0 Å². The van der Waals surface area contributed by atoms with Gasteiger partial charge in [-0.15, -0.1) is 0 Å². The van der Waals surface area contributed by atoms with E-state index in [-0.39, 0.29) is 5.56 Å². The van der Waals surface area contributed by atoms with Crippen molar-refractivity contribution in [3.8, 4) is 0 Å². The molecule has 4 nitrogen and oxygen atoms in total. The van der Waals surface area contributed by atoms with Crippen molar-refractivity contribution in [3.05, 3.63) is 65.2 Å². The summed E-state index contributed by atoms with van der Waals surface area (Å²) < 4.78 is 31.1. The fourth-order valence-corrected chi connectivity index (χ4v) is 1.92. The first-order valence-corrected chi connectivity index (χ1v) is 6.90. The molecule has 0 fully saturated rings. The molecule has 6 heteroatoms.